The van der Waals surface area contributed by atoms with Crippen LogP contribution in [-0.4, -0.2) is 97.7 Å². The number of methoxy groups -OCH3 is 1. The smallest absolute Gasteiger partial charge is 0.410 e. The summed E-state index contributed by atoms with van der Waals surface area (Å²) in [4.78, 5) is 15.0. The van der Waals surface area contributed by atoms with Gasteiger partial charge in [-0.3, -0.25) is 4.90 Å². The average Bonchev–Trinajstić information content (AvgIpc) is 3.34. The first-order valence-corrected chi connectivity index (χ1v) is 17.2. The summed E-state index contributed by atoms with van der Waals surface area (Å²) in [7, 11) is 0.736. The molecule has 44 heavy (non-hydrogen) atoms. The summed E-state index contributed by atoms with van der Waals surface area (Å²) in [6.07, 6.45) is 3.96. The minimum Gasteiger partial charge on any atom is -0.508 e. The van der Waals surface area contributed by atoms with Crippen molar-refractivity contribution in [2.24, 2.45) is 0 Å². The number of hydrogen-bond donors (Lipinski definition) is 1. The molecule has 1 aliphatic heterocycles. The number of carbonyl (C=O) groups is 1. The average molecular weight is 652 g/mol. The highest BCUT2D eigenvalue weighted by molar-refractivity contribution is 7.86. The van der Waals surface area contributed by atoms with Gasteiger partial charge in [-0.05, 0) is 86.8 Å². The van der Waals surface area contributed by atoms with Crippen molar-refractivity contribution in [2.75, 3.05) is 40.3 Å². The molecule has 3 atom stereocenters. The first-order valence-electron chi connectivity index (χ1n) is 15.3. The molecular formula is C32H46ClN3O7S. The lowest BCUT2D eigenvalue weighted by Gasteiger charge is -2.37. The zero-order chi connectivity index (χ0) is 31.9. The summed E-state index contributed by atoms with van der Waals surface area (Å²) in [6, 6.07) is 13.4. The Labute approximate surface area is 267 Å². The van der Waals surface area contributed by atoms with Crippen LogP contribution in [0.3, 0.4) is 0 Å². The molecule has 4 rings (SSSR count). The fourth-order valence-corrected chi connectivity index (χ4v) is 7.71. The van der Waals surface area contributed by atoms with E-state index in [1.807, 2.05) is 37.3 Å². The Morgan fingerprint density at radius 3 is 2.41 bits per heavy atom. The summed E-state index contributed by atoms with van der Waals surface area (Å²) in [5, 5.41) is 9.91. The second-order valence-corrected chi connectivity index (χ2v) is 14.3. The zero-order valence-corrected chi connectivity index (χ0v) is 27.7. The Kier molecular flexibility index (Phi) is 12.2. The van der Waals surface area contributed by atoms with Gasteiger partial charge in [-0.25, -0.2) is 4.79 Å². The van der Waals surface area contributed by atoms with Gasteiger partial charge in [0, 0.05) is 32.6 Å². The normalized spacial score (nSPS) is 24.2. The lowest BCUT2D eigenvalue weighted by Crippen LogP contribution is -2.54. The van der Waals surface area contributed by atoms with Gasteiger partial charge in [-0.15, -0.1) is 11.6 Å². The second kappa shape index (κ2) is 15.6. The Morgan fingerprint density at radius 2 is 1.80 bits per heavy atom. The summed E-state index contributed by atoms with van der Waals surface area (Å²) in [6.45, 7) is 2.42. The predicted octanol–water partition coefficient (Wildman–Crippen LogP) is 5.35. The highest BCUT2D eigenvalue weighted by Crippen LogP contribution is 2.37. The van der Waals surface area contributed by atoms with Crippen LogP contribution in [0.1, 0.15) is 62.5 Å². The van der Waals surface area contributed by atoms with Crippen LogP contribution in [0.5, 0.6) is 11.5 Å². The Balaban J connectivity index is 1.55. The number of aromatic hydroxyl groups is 1. The topological polar surface area (TPSA) is 109 Å². The van der Waals surface area contributed by atoms with Crippen LogP contribution < -0.4 is 4.74 Å². The SMILES string of the molecule is COc1ccc(CN([C@H]2C[C@@H](C)N(C(=O)OCCCCl)[C@H]2COC2CCC(c3cccc(O)c3)CC2)S(=O)(=O)N(C)C)cc1. The number of rotatable bonds is 13. The van der Waals surface area contributed by atoms with Crippen molar-refractivity contribution in [3.05, 3.63) is 59.7 Å². The molecule has 0 unspecified atom stereocenters. The molecule has 1 N–H and O–H groups in total. The number of alkyl halides is 1. The summed E-state index contributed by atoms with van der Waals surface area (Å²) >= 11 is 5.81. The Bertz CT molecular complexity index is 1320. The van der Waals surface area contributed by atoms with Gasteiger partial charge in [-0.2, -0.15) is 17.0 Å². The highest BCUT2D eigenvalue weighted by atomic mass is 35.5. The molecular weight excluding hydrogens is 606 g/mol. The van der Waals surface area contributed by atoms with E-state index in [1.54, 1.807) is 30.2 Å². The van der Waals surface area contributed by atoms with E-state index in [1.165, 1.54) is 22.7 Å². The summed E-state index contributed by atoms with van der Waals surface area (Å²) in [5.41, 5.74) is 1.93. The maximum atomic E-state index is 13.8. The van der Waals surface area contributed by atoms with Crippen LogP contribution in [-0.2, 0) is 26.2 Å². The van der Waals surface area contributed by atoms with Crippen LogP contribution in [0.2, 0.25) is 0 Å². The maximum Gasteiger partial charge on any atom is 0.410 e. The molecule has 2 fully saturated rings. The molecule has 1 heterocycles. The third kappa shape index (κ3) is 8.37. The van der Waals surface area contributed by atoms with Crippen molar-refractivity contribution in [2.45, 2.75) is 82.1 Å². The fourth-order valence-electron chi connectivity index (χ4n) is 6.30. The number of likely N-dealkylation sites (tertiary alicyclic amines) is 1. The summed E-state index contributed by atoms with van der Waals surface area (Å²) in [5.74, 6) is 1.67. The molecule has 2 aromatic carbocycles. The van der Waals surface area contributed by atoms with Crippen molar-refractivity contribution >= 4 is 27.9 Å². The number of nitrogens with zero attached hydrogens (tertiary/aromatic N) is 3. The molecule has 0 spiro atoms. The van der Waals surface area contributed by atoms with E-state index >= 15 is 0 Å². The minimum absolute atomic E-state index is 0.0188. The molecule has 0 aromatic heterocycles. The quantitative estimate of drug-likeness (QED) is 0.230. The van der Waals surface area contributed by atoms with Gasteiger partial charge in [0.15, 0.2) is 0 Å². The van der Waals surface area contributed by atoms with Crippen molar-refractivity contribution in [1.29, 1.82) is 0 Å². The monoisotopic (exact) mass is 651 g/mol. The number of benzene rings is 2. The Morgan fingerprint density at radius 1 is 1.09 bits per heavy atom. The largest absolute Gasteiger partial charge is 0.508 e. The number of carbonyl (C=O) groups excluding carboxylic acids is 1. The molecule has 244 valence electrons. The van der Waals surface area contributed by atoms with Crippen molar-refractivity contribution < 1.29 is 32.5 Å². The van der Waals surface area contributed by atoms with Crippen LogP contribution in [0.25, 0.3) is 0 Å². The first-order chi connectivity index (χ1) is 21.0. The molecule has 1 saturated carbocycles. The standard InChI is InChI=1S/C32H46ClN3O7S/c1-23-19-30(35(44(39,40)34(2)3)21-24-9-13-28(41-4)14-10-24)31(36(23)32(38)42-18-6-17-33)22-43-29-15-11-25(12-16-29)26-7-5-8-27(37)20-26/h5,7-10,13-14,20,23,25,29-31,37H,6,11-12,15-19,21-22H2,1-4H3/t23-,25?,29?,30+,31+/m1/s1. The van der Waals surface area contributed by atoms with Gasteiger partial charge >= 0.3 is 6.09 Å². The molecule has 1 amide bonds. The van der Waals surface area contributed by atoms with E-state index in [4.69, 9.17) is 25.8 Å². The number of phenols is 1. The van der Waals surface area contributed by atoms with E-state index < -0.39 is 28.4 Å². The van der Waals surface area contributed by atoms with E-state index in [9.17, 15) is 18.3 Å². The van der Waals surface area contributed by atoms with Gasteiger partial charge in [0.25, 0.3) is 10.2 Å². The zero-order valence-electron chi connectivity index (χ0n) is 26.1. The van der Waals surface area contributed by atoms with E-state index in [0.717, 1.165) is 36.8 Å². The van der Waals surface area contributed by atoms with E-state index in [2.05, 4.69) is 0 Å². The Hall–Kier alpha value is -2.57. The molecule has 2 aliphatic rings. The minimum atomic E-state index is -3.88. The third-order valence-electron chi connectivity index (χ3n) is 8.72. The molecule has 1 aliphatic carbocycles. The van der Waals surface area contributed by atoms with Crippen molar-refractivity contribution in [3.63, 3.8) is 0 Å². The number of hydrogen-bond acceptors (Lipinski definition) is 7. The highest BCUT2D eigenvalue weighted by Gasteiger charge is 2.49. The summed E-state index contributed by atoms with van der Waals surface area (Å²) < 4.78 is 47.7. The number of phenolic OH excluding ortho intramolecular Hbond substituents is 1. The lowest BCUT2D eigenvalue weighted by molar-refractivity contribution is -0.0158. The molecule has 12 heteroatoms. The van der Waals surface area contributed by atoms with Crippen LogP contribution in [0, 0.1) is 0 Å². The first kappa shape index (κ1) is 34.3. The van der Waals surface area contributed by atoms with Gasteiger partial charge in [0.2, 0.25) is 0 Å². The number of ether oxygens (including phenoxy) is 3. The second-order valence-electron chi connectivity index (χ2n) is 11.9. The number of amides is 1. The predicted molar refractivity (Wildman–Crippen MR) is 170 cm³/mol. The van der Waals surface area contributed by atoms with Crippen LogP contribution in [0.15, 0.2) is 48.5 Å². The molecule has 0 radical (unpaired) electrons. The van der Waals surface area contributed by atoms with E-state index in [0.29, 0.717) is 30.4 Å². The van der Waals surface area contributed by atoms with Crippen LogP contribution in [0.4, 0.5) is 4.79 Å². The van der Waals surface area contributed by atoms with Gasteiger partial charge in [0.05, 0.1) is 38.5 Å². The molecule has 2 aromatic rings. The lowest BCUT2D eigenvalue weighted by atomic mass is 9.82. The maximum absolute atomic E-state index is 13.8. The van der Waals surface area contributed by atoms with Gasteiger partial charge < -0.3 is 19.3 Å². The molecule has 0 bridgehead atoms. The molecule has 10 nitrogen and oxygen atoms in total. The van der Waals surface area contributed by atoms with Gasteiger partial charge in [0.1, 0.15) is 11.5 Å². The third-order valence-corrected chi connectivity index (χ3v) is 10.9. The van der Waals surface area contributed by atoms with Gasteiger partial charge in [-0.1, -0.05) is 24.3 Å². The molecule has 1 saturated heterocycles. The van der Waals surface area contributed by atoms with Crippen molar-refractivity contribution in [1.82, 2.24) is 13.5 Å². The van der Waals surface area contributed by atoms with E-state index in [-0.39, 0.29) is 37.7 Å². The number of halogens is 1. The fraction of sp³-hybridized carbons (Fsp3) is 0.594. The van der Waals surface area contributed by atoms with Crippen LogP contribution >= 0.6 is 11.6 Å². The van der Waals surface area contributed by atoms with Crippen molar-refractivity contribution in [3.8, 4) is 11.5 Å².